The maximum atomic E-state index is 12.7. The maximum Gasteiger partial charge on any atom is 0.263 e. The largest absolute Gasteiger partial charge is 0.360 e. The minimum atomic E-state index is -2.56. The second-order valence-corrected chi connectivity index (χ2v) is 4.40. The van der Waals surface area contributed by atoms with Gasteiger partial charge in [-0.1, -0.05) is 12.1 Å². The van der Waals surface area contributed by atoms with Gasteiger partial charge in [0.05, 0.1) is 24.6 Å². The highest BCUT2D eigenvalue weighted by Gasteiger charge is 2.06. The first-order valence-electron chi connectivity index (χ1n) is 6.51. The molecule has 0 spiro atoms. The van der Waals surface area contributed by atoms with E-state index in [1.165, 1.54) is 24.4 Å². The van der Waals surface area contributed by atoms with Gasteiger partial charge in [-0.25, -0.2) is 28.7 Å². The van der Waals surface area contributed by atoms with E-state index in [0.717, 1.165) is 12.4 Å². The number of alkyl halides is 2. The fourth-order valence-electron chi connectivity index (χ4n) is 1.63. The van der Waals surface area contributed by atoms with Gasteiger partial charge in [-0.05, 0) is 12.1 Å². The van der Waals surface area contributed by atoms with Gasteiger partial charge in [-0.2, -0.15) is 5.11 Å². The third kappa shape index (κ3) is 5.06. The summed E-state index contributed by atoms with van der Waals surface area (Å²) in [6.45, 7) is 0.108. The van der Waals surface area contributed by atoms with Gasteiger partial charge in [0.2, 0.25) is 5.95 Å². The Balaban J connectivity index is 1.97. The molecule has 0 saturated heterocycles. The first kappa shape index (κ1) is 16.4. The molecule has 3 N–H and O–H groups in total. The van der Waals surface area contributed by atoms with Crippen molar-refractivity contribution < 1.29 is 13.2 Å². The predicted octanol–water partition coefficient (Wildman–Crippen LogP) is 3.95. The molecule has 6 nitrogen and oxygen atoms in total. The second-order valence-electron chi connectivity index (χ2n) is 4.40. The van der Waals surface area contributed by atoms with Crippen LogP contribution < -0.4 is 10.6 Å². The first-order valence-corrected chi connectivity index (χ1v) is 6.51. The molecule has 0 amide bonds. The van der Waals surface area contributed by atoms with Crippen molar-refractivity contribution in [1.82, 2.24) is 9.97 Å². The highest BCUT2D eigenvalue weighted by molar-refractivity contribution is 5.48. The molecule has 0 fully saturated rings. The lowest BCUT2D eigenvalue weighted by Crippen LogP contribution is -2.08. The van der Waals surface area contributed by atoms with Gasteiger partial charge in [0.15, 0.2) is 5.82 Å². The van der Waals surface area contributed by atoms with Crippen LogP contribution in [0.2, 0.25) is 0 Å². The zero-order valence-corrected chi connectivity index (χ0v) is 11.8. The highest BCUT2D eigenvalue weighted by atomic mass is 19.3. The molecule has 120 valence electrons. The fraction of sp³-hybridized carbons (Fsp3) is 0.143. The summed E-state index contributed by atoms with van der Waals surface area (Å²) in [5.41, 5.74) is 7.71. The molecule has 9 heteroatoms. The van der Waals surface area contributed by atoms with Gasteiger partial charge in [-0.3, -0.25) is 0 Å². The molecule has 1 heterocycles. The summed E-state index contributed by atoms with van der Waals surface area (Å²) in [5.74, 6) is -0.377. The number of nitrogens with one attached hydrogen (secondary N) is 3. The molecule has 0 bridgehead atoms. The number of benzene rings is 1. The third-order valence-electron chi connectivity index (χ3n) is 2.74. The molecule has 0 radical (unpaired) electrons. The lowest BCUT2D eigenvalue weighted by atomic mass is 10.2. The second kappa shape index (κ2) is 7.87. The van der Waals surface area contributed by atoms with Crippen LogP contribution in [-0.4, -0.2) is 16.5 Å². The van der Waals surface area contributed by atoms with E-state index in [4.69, 9.17) is 5.53 Å². The van der Waals surface area contributed by atoms with Crippen molar-refractivity contribution in [3.05, 3.63) is 59.9 Å². The average Bonchev–Trinajstić information content (AvgIpc) is 2.57. The smallest absolute Gasteiger partial charge is 0.263 e. The van der Waals surface area contributed by atoms with E-state index >= 15 is 0 Å². The van der Waals surface area contributed by atoms with E-state index in [9.17, 15) is 13.2 Å². The van der Waals surface area contributed by atoms with Crippen LogP contribution in [0.4, 0.5) is 24.8 Å². The number of aromatic nitrogens is 2. The minimum Gasteiger partial charge on any atom is -0.360 e. The van der Waals surface area contributed by atoms with Gasteiger partial charge < -0.3 is 10.6 Å². The Kier molecular flexibility index (Phi) is 5.61. The van der Waals surface area contributed by atoms with Crippen molar-refractivity contribution in [1.29, 1.82) is 5.53 Å². The van der Waals surface area contributed by atoms with Crippen molar-refractivity contribution in [2.45, 2.75) is 6.43 Å². The van der Waals surface area contributed by atoms with E-state index in [2.05, 4.69) is 25.7 Å². The molecule has 1 aromatic carbocycles. The summed E-state index contributed by atoms with van der Waals surface area (Å²) >= 11 is 0. The molecular weight excluding hydrogens is 309 g/mol. The monoisotopic (exact) mass is 322 g/mol. The quantitative estimate of drug-likeness (QED) is 0.674. The van der Waals surface area contributed by atoms with E-state index in [-0.39, 0.29) is 23.8 Å². The van der Waals surface area contributed by atoms with Gasteiger partial charge in [0, 0.05) is 17.5 Å². The van der Waals surface area contributed by atoms with Crippen LogP contribution in [-0.2, 0) is 0 Å². The Labute approximate surface area is 130 Å². The van der Waals surface area contributed by atoms with E-state index in [0.29, 0.717) is 5.69 Å². The van der Waals surface area contributed by atoms with E-state index < -0.39 is 12.2 Å². The van der Waals surface area contributed by atoms with Gasteiger partial charge >= 0.3 is 0 Å². The number of hydrogen-bond donors (Lipinski definition) is 3. The fourth-order valence-corrected chi connectivity index (χ4v) is 1.63. The normalized spacial score (nSPS) is 11.4. The number of hydrogen-bond acceptors (Lipinski definition) is 6. The average molecular weight is 322 g/mol. The highest BCUT2D eigenvalue weighted by Crippen LogP contribution is 2.21. The molecule has 23 heavy (non-hydrogen) atoms. The Morgan fingerprint density at radius 3 is 2.70 bits per heavy atom. The predicted molar refractivity (Wildman–Crippen MR) is 78.7 cm³/mol. The number of rotatable bonds is 7. The molecule has 0 aliphatic carbocycles. The summed E-state index contributed by atoms with van der Waals surface area (Å²) in [5, 5.41) is 8.85. The van der Waals surface area contributed by atoms with Crippen LogP contribution in [0.25, 0.3) is 0 Å². The third-order valence-corrected chi connectivity index (χ3v) is 2.74. The van der Waals surface area contributed by atoms with Crippen molar-refractivity contribution in [2.24, 2.45) is 5.11 Å². The number of anilines is 2. The lowest BCUT2D eigenvalue weighted by molar-refractivity contribution is 0.151. The minimum absolute atomic E-state index is 0.106. The summed E-state index contributed by atoms with van der Waals surface area (Å²) < 4.78 is 37.9. The van der Waals surface area contributed by atoms with Crippen LogP contribution in [0.5, 0.6) is 0 Å². The van der Waals surface area contributed by atoms with Crippen LogP contribution in [0.3, 0.4) is 0 Å². The lowest BCUT2D eigenvalue weighted by Gasteiger charge is -2.07. The van der Waals surface area contributed by atoms with E-state index in [1.54, 1.807) is 6.07 Å². The summed E-state index contributed by atoms with van der Waals surface area (Å²) in [7, 11) is 0. The molecule has 2 rings (SSSR count). The SMILES string of the molecule is N=N/C(=C\Nc1cccc(C(F)F)c1)CNc1ncc(F)cn1. The standard InChI is InChI=1S/C14H13F3N6/c15-10-5-20-14(21-6-10)22-8-12(23-18)7-19-11-3-1-2-9(4-11)13(16)17/h1-7,13,18-19H,8H2,(H,20,21,22)/b12-7-,23-18?. The molecule has 0 aliphatic heterocycles. The molecule has 0 unspecified atom stereocenters. The summed E-state index contributed by atoms with van der Waals surface area (Å²) in [4.78, 5) is 7.41. The van der Waals surface area contributed by atoms with Crippen molar-refractivity contribution in [3.8, 4) is 0 Å². The summed E-state index contributed by atoms with van der Waals surface area (Å²) in [6.07, 6.45) is 0.849. The zero-order valence-electron chi connectivity index (χ0n) is 11.8. The molecule has 0 saturated carbocycles. The number of halogens is 3. The Morgan fingerprint density at radius 2 is 2.04 bits per heavy atom. The molecule has 0 atom stereocenters. The van der Waals surface area contributed by atoms with Gasteiger partial charge in [0.1, 0.15) is 0 Å². The van der Waals surface area contributed by atoms with Crippen LogP contribution in [0, 0.1) is 11.3 Å². The van der Waals surface area contributed by atoms with E-state index in [1.807, 2.05) is 0 Å². The molecular formula is C14H13F3N6. The number of nitrogens with zero attached hydrogens (tertiary/aromatic N) is 3. The van der Waals surface area contributed by atoms with Gasteiger partial charge in [-0.15, -0.1) is 0 Å². The molecule has 0 aliphatic rings. The van der Waals surface area contributed by atoms with Crippen LogP contribution >= 0.6 is 0 Å². The Hall–Kier alpha value is -2.97. The van der Waals surface area contributed by atoms with Crippen molar-refractivity contribution in [3.63, 3.8) is 0 Å². The first-order chi connectivity index (χ1) is 11.1. The van der Waals surface area contributed by atoms with Crippen molar-refractivity contribution >= 4 is 11.6 Å². The Bertz CT molecular complexity index is 687. The van der Waals surface area contributed by atoms with Crippen LogP contribution in [0.1, 0.15) is 12.0 Å². The Morgan fingerprint density at radius 1 is 1.30 bits per heavy atom. The zero-order chi connectivity index (χ0) is 16.7. The maximum absolute atomic E-state index is 12.7. The molecule has 1 aromatic heterocycles. The van der Waals surface area contributed by atoms with Gasteiger partial charge in [0.25, 0.3) is 6.43 Å². The summed E-state index contributed by atoms with van der Waals surface area (Å²) in [6, 6.07) is 5.74. The molecule has 2 aromatic rings. The van der Waals surface area contributed by atoms with Crippen molar-refractivity contribution in [2.75, 3.05) is 17.2 Å². The topological polar surface area (TPSA) is 86.0 Å². The van der Waals surface area contributed by atoms with Crippen LogP contribution in [0.15, 0.2) is 53.7 Å².